The van der Waals surface area contributed by atoms with Crippen LogP contribution in [0.1, 0.15) is 17.2 Å². The van der Waals surface area contributed by atoms with Crippen molar-refractivity contribution >= 4 is 27.5 Å². The number of hydrogen-bond acceptors (Lipinski definition) is 2. The monoisotopic (exact) mass is 297 g/mol. The molecule has 2 rings (SSSR count). The van der Waals surface area contributed by atoms with Crippen molar-refractivity contribution in [2.24, 2.45) is 0 Å². The first-order valence-corrected chi connectivity index (χ1v) is 5.89. The standard InChI is InChI=1S/C12H9BrClNO/c13-11-6-5-8(7-15-11)12(16)9-3-1-2-4-10(9)14/h1-7,12,16H. The van der Waals surface area contributed by atoms with Crippen LogP contribution in [0, 0.1) is 0 Å². The van der Waals surface area contributed by atoms with Crippen molar-refractivity contribution in [2.45, 2.75) is 6.10 Å². The molecule has 0 fully saturated rings. The van der Waals surface area contributed by atoms with Crippen molar-refractivity contribution in [2.75, 3.05) is 0 Å². The van der Waals surface area contributed by atoms with Crippen molar-refractivity contribution in [3.63, 3.8) is 0 Å². The number of aliphatic hydroxyl groups excluding tert-OH is 1. The molecule has 1 N–H and O–H groups in total. The van der Waals surface area contributed by atoms with Gasteiger partial charge in [0.1, 0.15) is 10.7 Å². The number of aliphatic hydroxyl groups is 1. The summed E-state index contributed by atoms with van der Waals surface area (Å²) in [5.41, 5.74) is 1.41. The molecule has 4 heteroatoms. The first-order chi connectivity index (χ1) is 7.68. The molecule has 0 radical (unpaired) electrons. The van der Waals surface area contributed by atoms with Gasteiger partial charge in [-0.25, -0.2) is 4.98 Å². The van der Waals surface area contributed by atoms with Crippen molar-refractivity contribution in [3.05, 3.63) is 63.3 Å². The van der Waals surface area contributed by atoms with E-state index in [1.54, 1.807) is 24.4 Å². The topological polar surface area (TPSA) is 33.1 Å². The molecule has 1 atom stereocenters. The summed E-state index contributed by atoms with van der Waals surface area (Å²) in [5, 5.41) is 10.7. The van der Waals surface area contributed by atoms with E-state index >= 15 is 0 Å². The molecular formula is C12H9BrClNO. The maximum absolute atomic E-state index is 10.1. The van der Waals surface area contributed by atoms with Gasteiger partial charge in [-0.1, -0.05) is 35.9 Å². The summed E-state index contributed by atoms with van der Waals surface area (Å²) in [5.74, 6) is 0. The fourth-order valence-electron chi connectivity index (χ4n) is 1.43. The van der Waals surface area contributed by atoms with E-state index in [1.807, 2.05) is 18.2 Å². The second-order valence-electron chi connectivity index (χ2n) is 3.34. The molecule has 0 aliphatic heterocycles. The van der Waals surface area contributed by atoms with Crippen LogP contribution in [0.3, 0.4) is 0 Å². The second-order valence-corrected chi connectivity index (χ2v) is 4.56. The van der Waals surface area contributed by atoms with Crippen LogP contribution in [-0.4, -0.2) is 10.1 Å². The molecule has 0 aliphatic carbocycles. The van der Waals surface area contributed by atoms with Crippen LogP contribution < -0.4 is 0 Å². The number of aromatic nitrogens is 1. The molecule has 2 aromatic rings. The van der Waals surface area contributed by atoms with Crippen LogP contribution in [0.25, 0.3) is 0 Å². The molecule has 2 nitrogen and oxygen atoms in total. The Morgan fingerprint density at radius 3 is 2.56 bits per heavy atom. The molecule has 0 saturated carbocycles. The molecule has 0 saturated heterocycles. The lowest BCUT2D eigenvalue weighted by atomic mass is 10.0. The summed E-state index contributed by atoms with van der Waals surface area (Å²) >= 11 is 9.26. The van der Waals surface area contributed by atoms with Crippen LogP contribution in [-0.2, 0) is 0 Å². The van der Waals surface area contributed by atoms with Gasteiger partial charge >= 0.3 is 0 Å². The van der Waals surface area contributed by atoms with E-state index in [0.717, 1.165) is 10.2 Å². The molecule has 0 spiro atoms. The molecule has 0 amide bonds. The molecule has 1 heterocycles. The molecule has 82 valence electrons. The van der Waals surface area contributed by atoms with E-state index in [2.05, 4.69) is 20.9 Å². The summed E-state index contributed by atoms with van der Waals surface area (Å²) in [4.78, 5) is 4.07. The Balaban J connectivity index is 2.35. The van der Waals surface area contributed by atoms with Gasteiger partial charge in [0.05, 0.1) is 0 Å². The Hall–Kier alpha value is -0.900. The molecule has 0 aliphatic rings. The van der Waals surface area contributed by atoms with Gasteiger partial charge in [-0.2, -0.15) is 0 Å². The smallest absolute Gasteiger partial charge is 0.107 e. The van der Waals surface area contributed by atoms with E-state index in [4.69, 9.17) is 11.6 Å². The quantitative estimate of drug-likeness (QED) is 0.860. The van der Waals surface area contributed by atoms with Gasteiger partial charge in [0.25, 0.3) is 0 Å². The number of rotatable bonds is 2. The minimum absolute atomic E-state index is 0.554. The number of benzene rings is 1. The molecule has 1 unspecified atom stereocenters. The van der Waals surface area contributed by atoms with Crippen LogP contribution in [0.2, 0.25) is 5.02 Å². The molecular weight excluding hydrogens is 289 g/mol. The van der Waals surface area contributed by atoms with Gasteiger partial charge in [-0.05, 0) is 28.1 Å². The molecule has 1 aromatic heterocycles. The van der Waals surface area contributed by atoms with Crippen LogP contribution in [0.5, 0.6) is 0 Å². The number of pyridine rings is 1. The lowest BCUT2D eigenvalue weighted by Crippen LogP contribution is -2.00. The average molecular weight is 299 g/mol. The Labute approximate surface area is 107 Å². The summed E-state index contributed by atoms with van der Waals surface area (Å²) in [7, 11) is 0. The zero-order valence-corrected chi connectivity index (χ0v) is 10.6. The summed E-state index contributed by atoms with van der Waals surface area (Å²) in [6.45, 7) is 0. The van der Waals surface area contributed by atoms with Gasteiger partial charge in [0, 0.05) is 22.3 Å². The highest BCUT2D eigenvalue weighted by atomic mass is 79.9. The van der Waals surface area contributed by atoms with E-state index in [9.17, 15) is 5.11 Å². The van der Waals surface area contributed by atoms with Gasteiger partial charge in [0.15, 0.2) is 0 Å². The maximum atomic E-state index is 10.1. The van der Waals surface area contributed by atoms with Gasteiger partial charge in [0.2, 0.25) is 0 Å². The third-order valence-electron chi connectivity index (χ3n) is 2.27. The maximum Gasteiger partial charge on any atom is 0.107 e. The number of halogens is 2. The van der Waals surface area contributed by atoms with Crippen LogP contribution in [0.15, 0.2) is 47.2 Å². The highest BCUT2D eigenvalue weighted by Gasteiger charge is 2.13. The fraction of sp³-hybridized carbons (Fsp3) is 0.0833. The molecule has 1 aromatic carbocycles. The van der Waals surface area contributed by atoms with E-state index in [0.29, 0.717) is 10.6 Å². The summed E-state index contributed by atoms with van der Waals surface area (Å²) < 4.78 is 0.739. The zero-order chi connectivity index (χ0) is 11.5. The Kier molecular flexibility index (Phi) is 3.59. The fourth-order valence-corrected chi connectivity index (χ4v) is 1.90. The number of hydrogen-bond donors (Lipinski definition) is 1. The predicted octanol–water partition coefficient (Wildman–Crippen LogP) is 3.58. The van der Waals surface area contributed by atoms with Crippen molar-refractivity contribution in [1.29, 1.82) is 0 Å². The Bertz CT molecular complexity index is 487. The minimum atomic E-state index is -0.741. The van der Waals surface area contributed by atoms with Gasteiger partial charge in [-0.3, -0.25) is 0 Å². The van der Waals surface area contributed by atoms with Crippen LogP contribution in [0.4, 0.5) is 0 Å². The van der Waals surface area contributed by atoms with Crippen molar-refractivity contribution in [3.8, 4) is 0 Å². The lowest BCUT2D eigenvalue weighted by Gasteiger charge is -2.12. The highest BCUT2D eigenvalue weighted by molar-refractivity contribution is 9.10. The first kappa shape index (κ1) is 11.6. The summed E-state index contributed by atoms with van der Waals surface area (Å²) in [6.07, 6.45) is 0.882. The first-order valence-electron chi connectivity index (χ1n) is 4.72. The molecule has 0 bridgehead atoms. The SMILES string of the molecule is OC(c1ccc(Br)nc1)c1ccccc1Cl. The van der Waals surface area contributed by atoms with E-state index in [1.165, 1.54) is 0 Å². The van der Waals surface area contributed by atoms with Crippen LogP contribution >= 0.6 is 27.5 Å². The van der Waals surface area contributed by atoms with Crippen molar-refractivity contribution < 1.29 is 5.11 Å². The third kappa shape index (κ3) is 2.43. The predicted molar refractivity (Wildman–Crippen MR) is 67.5 cm³/mol. The third-order valence-corrected chi connectivity index (χ3v) is 3.08. The van der Waals surface area contributed by atoms with Gasteiger partial charge in [-0.15, -0.1) is 0 Å². The lowest BCUT2D eigenvalue weighted by molar-refractivity contribution is 0.220. The van der Waals surface area contributed by atoms with Gasteiger partial charge < -0.3 is 5.11 Å². The molecule has 16 heavy (non-hydrogen) atoms. The zero-order valence-electron chi connectivity index (χ0n) is 8.27. The summed E-state index contributed by atoms with van der Waals surface area (Å²) in [6, 6.07) is 10.8. The largest absolute Gasteiger partial charge is 0.384 e. The minimum Gasteiger partial charge on any atom is -0.384 e. The average Bonchev–Trinajstić information content (AvgIpc) is 2.30. The van der Waals surface area contributed by atoms with E-state index < -0.39 is 6.10 Å². The Morgan fingerprint density at radius 1 is 1.19 bits per heavy atom. The van der Waals surface area contributed by atoms with E-state index in [-0.39, 0.29) is 0 Å². The van der Waals surface area contributed by atoms with Crippen molar-refractivity contribution in [1.82, 2.24) is 4.98 Å². The highest BCUT2D eigenvalue weighted by Crippen LogP contribution is 2.27. The number of nitrogens with zero attached hydrogens (tertiary/aromatic N) is 1. The normalized spacial score (nSPS) is 12.4. The second kappa shape index (κ2) is 4.95. The Morgan fingerprint density at radius 2 is 1.94 bits per heavy atom.